The number of carbonyl (C=O) groups excluding carboxylic acids is 1. The van der Waals surface area contributed by atoms with Crippen molar-refractivity contribution in [2.75, 3.05) is 0 Å². The van der Waals surface area contributed by atoms with Crippen molar-refractivity contribution in [3.8, 4) is 0 Å². The minimum Gasteiger partial charge on any atom is -0.273 e. The van der Waals surface area contributed by atoms with Crippen LogP contribution in [0.3, 0.4) is 0 Å². The summed E-state index contributed by atoms with van der Waals surface area (Å²) in [6.07, 6.45) is 0. The van der Waals surface area contributed by atoms with Crippen LogP contribution >= 0.6 is 0 Å². The van der Waals surface area contributed by atoms with Gasteiger partial charge >= 0.3 is 6.03 Å². The van der Waals surface area contributed by atoms with Crippen LogP contribution in [-0.2, 0) is 0 Å². The Balaban J connectivity index is 2.33. The summed E-state index contributed by atoms with van der Waals surface area (Å²) < 4.78 is 0. The topological polar surface area (TPSA) is 79.8 Å². The molecule has 0 saturated carbocycles. The SMILES string of the molecule is NNC(=O)N=Nc1ccc2ccccc2c1. The van der Waals surface area contributed by atoms with Gasteiger partial charge in [-0.3, -0.25) is 5.43 Å². The first-order valence-electron chi connectivity index (χ1n) is 4.71. The zero-order valence-electron chi connectivity index (χ0n) is 8.42. The molecule has 0 saturated heterocycles. The molecule has 0 radical (unpaired) electrons. The van der Waals surface area contributed by atoms with Gasteiger partial charge in [0.25, 0.3) is 0 Å². The van der Waals surface area contributed by atoms with E-state index in [-0.39, 0.29) is 0 Å². The number of benzene rings is 2. The smallest absolute Gasteiger partial charge is 0.273 e. The fraction of sp³-hybridized carbons (Fsp3) is 0. The normalized spacial score (nSPS) is 10.8. The molecule has 0 atom stereocenters. The lowest BCUT2D eigenvalue weighted by Crippen LogP contribution is -2.26. The molecule has 0 unspecified atom stereocenters. The van der Waals surface area contributed by atoms with Crippen LogP contribution in [-0.4, -0.2) is 6.03 Å². The number of hydrogen-bond acceptors (Lipinski definition) is 3. The first-order chi connectivity index (χ1) is 7.79. The standard InChI is InChI=1S/C11H10N4O/c12-13-11(16)15-14-10-6-5-8-3-1-2-4-9(8)7-10/h1-7H,12H2,(H,13,16). The van der Waals surface area contributed by atoms with Gasteiger partial charge < -0.3 is 0 Å². The van der Waals surface area contributed by atoms with Crippen molar-refractivity contribution in [2.24, 2.45) is 16.1 Å². The lowest BCUT2D eigenvalue weighted by Gasteiger charge is -1.97. The van der Waals surface area contributed by atoms with E-state index in [1.165, 1.54) is 0 Å². The van der Waals surface area contributed by atoms with E-state index in [2.05, 4.69) is 10.2 Å². The van der Waals surface area contributed by atoms with Crippen LogP contribution < -0.4 is 11.3 Å². The minimum absolute atomic E-state index is 0.613. The summed E-state index contributed by atoms with van der Waals surface area (Å²) in [5, 5.41) is 9.29. The lowest BCUT2D eigenvalue weighted by molar-refractivity contribution is 0.248. The number of urea groups is 1. The van der Waals surface area contributed by atoms with Crippen molar-refractivity contribution >= 4 is 22.5 Å². The summed E-state index contributed by atoms with van der Waals surface area (Å²) in [7, 11) is 0. The number of rotatable bonds is 1. The zero-order chi connectivity index (χ0) is 11.4. The number of nitrogens with one attached hydrogen (secondary N) is 1. The highest BCUT2D eigenvalue weighted by atomic mass is 16.2. The van der Waals surface area contributed by atoms with Crippen LogP contribution in [0.15, 0.2) is 52.7 Å². The molecule has 3 N–H and O–H groups in total. The Hall–Kier alpha value is -2.27. The van der Waals surface area contributed by atoms with Crippen molar-refractivity contribution < 1.29 is 4.79 Å². The van der Waals surface area contributed by atoms with E-state index in [9.17, 15) is 4.79 Å². The number of carbonyl (C=O) groups is 1. The minimum atomic E-state index is -0.673. The molecule has 0 aliphatic heterocycles. The Labute approximate surface area is 91.9 Å². The quantitative estimate of drug-likeness (QED) is 0.331. The summed E-state index contributed by atoms with van der Waals surface area (Å²) in [5.74, 6) is 4.87. The van der Waals surface area contributed by atoms with E-state index in [0.29, 0.717) is 5.69 Å². The molecular formula is C11H10N4O. The predicted octanol–water partition coefficient (Wildman–Crippen LogP) is 2.51. The van der Waals surface area contributed by atoms with Crippen molar-refractivity contribution in [1.29, 1.82) is 0 Å². The monoisotopic (exact) mass is 214 g/mol. The highest BCUT2D eigenvalue weighted by molar-refractivity contribution is 5.85. The molecule has 0 spiro atoms. The van der Waals surface area contributed by atoms with Gasteiger partial charge in [-0.25, -0.2) is 10.6 Å². The van der Waals surface area contributed by atoms with Crippen molar-refractivity contribution in [2.45, 2.75) is 0 Å². The van der Waals surface area contributed by atoms with Crippen molar-refractivity contribution in [1.82, 2.24) is 5.43 Å². The van der Waals surface area contributed by atoms with Crippen LogP contribution in [0.25, 0.3) is 10.8 Å². The second-order valence-electron chi connectivity index (χ2n) is 3.18. The van der Waals surface area contributed by atoms with Crippen molar-refractivity contribution in [3.05, 3.63) is 42.5 Å². The largest absolute Gasteiger partial charge is 0.373 e. The van der Waals surface area contributed by atoms with Gasteiger partial charge in [-0.1, -0.05) is 35.4 Å². The summed E-state index contributed by atoms with van der Waals surface area (Å²) in [6.45, 7) is 0. The second kappa shape index (κ2) is 4.50. The summed E-state index contributed by atoms with van der Waals surface area (Å²) >= 11 is 0. The third-order valence-electron chi connectivity index (χ3n) is 2.11. The number of hydrogen-bond donors (Lipinski definition) is 2. The second-order valence-corrected chi connectivity index (χ2v) is 3.18. The molecule has 0 fully saturated rings. The molecule has 16 heavy (non-hydrogen) atoms. The molecule has 2 rings (SSSR count). The van der Waals surface area contributed by atoms with Gasteiger partial charge in [0.2, 0.25) is 0 Å². The molecule has 0 aliphatic rings. The van der Waals surface area contributed by atoms with E-state index in [4.69, 9.17) is 5.84 Å². The molecule has 5 heteroatoms. The maximum absolute atomic E-state index is 10.8. The number of nitrogens with zero attached hydrogens (tertiary/aromatic N) is 2. The number of amides is 2. The summed E-state index contributed by atoms with van der Waals surface area (Å²) in [4.78, 5) is 10.8. The van der Waals surface area contributed by atoms with E-state index in [0.717, 1.165) is 10.8 Å². The fourth-order valence-corrected chi connectivity index (χ4v) is 1.37. The molecular weight excluding hydrogens is 204 g/mol. The Morgan fingerprint density at radius 3 is 2.62 bits per heavy atom. The van der Waals surface area contributed by atoms with E-state index >= 15 is 0 Å². The van der Waals surface area contributed by atoms with Crippen LogP contribution in [0.1, 0.15) is 0 Å². The number of azo groups is 1. The van der Waals surface area contributed by atoms with E-state index < -0.39 is 6.03 Å². The Kier molecular flexibility index (Phi) is 2.88. The Bertz CT molecular complexity index is 550. The molecule has 5 nitrogen and oxygen atoms in total. The van der Waals surface area contributed by atoms with Crippen LogP contribution in [0.4, 0.5) is 10.5 Å². The van der Waals surface area contributed by atoms with Crippen LogP contribution in [0.2, 0.25) is 0 Å². The van der Waals surface area contributed by atoms with Crippen LogP contribution in [0, 0.1) is 0 Å². The van der Waals surface area contributed by atoms with Gasteiger partial charge in [0.1, 0.15) is 0 Å². The highest BCUT2D eigenvalue weighted by Crippen LogP contribution is 2.20. The average Bonchev–Trinajstić information content (AvgIpc) is 2.35. The van der Waals surface area contributed by atoms with Gasteiger partial charge in [0.05, 0.1) is 5.69 Å². The van der Waals surface area contributed by atoms with Gasteiger partial charge in [-0.05, 0) is 22.9 Å². The van der Waals surface area contributed by atoms with E-state index in [1.807, 2.05) is 41.8 Å². The number of hydrazine groups is 1. The molecule has 0 heterocycles. The molecule has 2 aromatic rings. The highest BCUT2D eigenvalue weighted by Gasteiger charge is 1.96. The summed E-state index contributed by atoms with van der Waals surface area (Å²) in [6, 6.07) is 12.8. The Morgan fingerprint density at radius 2 is 1.88 bits per heavy atom. The first kappa shape index (κ1) is 10.3. The average molecular weight is 214 g/mol. The van der Waals surface area contributed by atoms with Gasteiger partial charge in [0, 0.05) is 0 Å². The Morgan fingerprint density at radius 1 is 1.12 bits per heavy atom. The van der Waals surface area contributed by atoms with Gasteiger partial charge in [0.15, 0.2) is 0 Å². The van der Waals surface area contributed by atoms with Crippen molar-refractivity contribution in [3.63, 3.8) is 0 Å². The predicted molar refractivity (Wildman–Crippen MR) is 61.2 cm³/mol. The molecule has 0 aromatic heterocycles. The summed E-state index contributed by atoms with van der Waals surface area (Å²) in [5.41, 5.74) is 2.49. The van der Waals surface area contributed by atoms with Crippen LogP contribution in [0.5, 0.6) is 0 Å². The third kappa shape index (κ3) is 2.21. The molecule has 0 aliphatic carbocycles. The first-order valence-corrected chi connectivity index (χ1v) is 4.71. The maximum atomic E-state index is 10.8. The number of fused-ring (bicyclic) bond motifs is 1. The zero-order valence-corrected chi connectivity index (χ0v) is 8.42. The molecule has 2 aromatic carbocycles. The fourth-order valence-electron chi connectivity index (χ4n) is 1.37. The van der Waals surface area contributed by atoms with Gasteiger partial charge in [-0.15, -0.1) is 5.11 Å². The maximum Gasteiger partial charge on any atom is 0.373 e. The van der Waals surface area contributed by atoms with E-state index in [1.54, 1.807) is 6.07 Å². The molecule has 0 bridgehead atoms. The lowest BCUT2D eigenvalue weighted by atomic mass is 10.1. The number of nitrogens with two attached hydrogens (primary N) is 1. The third-order valence-corrected chi connectivity index (χ3v) is 2.11. The molecule has 2 amide bonds. The van der Waals surface area contributed by atoms with Gasteiger partial charge in [-0.2, -0.15) is 0 Å². The molecule has 80 valence electrons.